The average Bonchev–Trinajstić information content (AvgIpc) is 2.54. The second-order valence-electron chi connectivity index (χ2n) is 4.70. The molecule has 0 spiro atoms. The molecule has 0 saturated carbocycles. The van der Waals surface area contributed by atoms with E-state index in [1.165, 1.54) is 26.5 Å². The molecule has 0 aliphatic heterocycles. The first kappa shape index (κ1) is 14.0. The Hall–Kier alpha value is -2.95. The van der Waals surface area contributed by atoms with E-state index >= 15 is 0 Å². The van der Waals surface area contributed by atoms with Crippen LogP contribution in [0.5, 0.6) is 17.2 Å². The minimum Gasteiger partial charge on any atom is -0.507 e. The fraction of sp³-hybridized carbons (Fsp3) is 0.118. The predicted octanol–water partition coefficient (Wildman–Crippen LogP) is 3.18. The number of aromatic hydroxyl groups is 1. The molecular formula is C17H14O5. The molecule has 0 aliphatic rings. The van der Waals surface area contributed by atoms with E-state index in [-0.39, 0.29) is 22.1 Å². The lowest BCUT2D eigenvalue weighted by molar-refractivity contribution is 0.407. The van der Waals surface area contributed by atoms with Crippen LogP contribution in [0.4, 0.5) is 0 Å². The topological polar surface area (TPSA) is 68.9 Å². The Kier molecular flexibility index (Phi) is 3.47. The summed E-state index contributed by atoms with van der Waals surface area (Å²) in [5.41, 5.74) is 0.868. The summed E-state index contributed by atoms with van der Waals surface area (Å²) in [5, 5.41) is 10.2. The van der Waals surface area contributed by atoms with E-state index in [9.17, 15) is 9.90 Å². The normalized spacial score (nSPS) is 10.6. The lowest BCUT2D eigenvalue weighted by Gasteiger charge is -2.09. The number of rotatable bonds is 3. The van der Waals surface area contributed by atoms with E-state index < -0.39 is 0 Å². The maximum Gasteiger partial charge on any atom is 0.204 e. The minimum absolute atomic E-state index is 0.115. The van der Waals surface area contributed by atoms with Crippen molar-refractivity contribution in [2.75, 3.05) is 14.2 Å². The van der Waals surface area contributed by atoms with Crippen molar-refractivity contribution in [3.05, 3.63) is 52.9 Å². The maximum absolute atomic E-state index is 12.7. The Labute approximate surface area is 126 Å². The van der Waals surface area contributed by atoms with Gasteiger partial charge < -0.3 is 19.0 Å². The summed E-state index contributed by atoms with van der Waals surface area (Å²) in [6.07, 6.45) is 1.36. The summed E-state index contributed by atoms with van der Waals surface area (Å²) in [6, 6.07) is 10.1. The molecule has 0 amide bonds. The predicted molar refractivity (Wildman–Crippen MR) is 82.7 cm³/mol. The van der Waals surface area contributed by atoms with Crippen molar-refractivity contribution in [2.24, 2.45) is 0 Å². The molecule has 0 atom stereocenters. The Morgan fingerprint density at radius 1 is 1.05 bits per heavy atom. The van der Waals surface area contributed by atoms with Gasteiger partial charge in [0.2, 0.25) is 5.43 Å². The van der Waals surface area contributed by atoms with E-state index in [1.807, 2.05) is 6.07 Å². The molecule has 112 valence electrons. The quantitative estimate of drug-likeness (QED) is 0.804. The van der Waals surface area contributed by atoms with Crippen molar-refractivity contribution in [3.63, 3.8) is 0 Å². The average molecular weight is 298 g/mol. The zero-order chi connectivity index (χ0) is 15.7. The molecule has 0 saturated heterocycles. The lowest BCUT2D eigenvalue weighted by Crippen LogP contribution is -2.06. The number of benzene rings is 2. The highest BCUT2D eigenvalue weighted by atomic mass is 16.5. The third kappa shape index (κ3) is 2.16. The number of fused-ring (bicyclic) bond motifs is 1. The molecule has 0 radical (unpaired) electrons. The first-order valence-corrected chi connectivity index (χ1v) is 6.61. The van der Waals surface area contributed by atoms with Gasteiger partial charge in [0.1, 0.15) is 34.5 Å². The molecule has 22 heavy (non-hydrogen) atoms. The number of phenols is 1. The van der Waals surface area contributed by atoms with Gasteiger partial charge in [-0.1, -0.05) is 18.2 Å². The molecule has 0 fully saturated rings. The molecule has 0 unspecified atom stereocenters. The third-order valence-electron chi connectivity index (χ3n) is 3.46. The molecule has 1 heterocycles. The maximum atomic E-state index is 12.7. The zero-order valence-corrected chi connectivity index (χ0v) is 12.1. The summed E-state index contributed by atoms with van der Waals surface area (Å²) in [4.78, 5) is 12.7. The molecule has 1 N–H and O–H groups in total. The van der Waals surface area contributed by atoms with Crippen molar-refractivity contribution in [1.29, 1.82) is 0 Å². The first-order chi connectivity index (χ1) is 10.7. The highest BCUT2D eigenvalue weighted by Gasteiger charge is 2.16. The van der Waals surface area contributed by atoms with E-state index in [0.29, 0.717) is 22.6 Å². The number of methoxy groups -OCH3 is 2. The van der Waals surface area contributed by atoms with Crippen molar-refractivity contribution >= 4 is 11.0 Å². The molecule has 3 rings (SSSR count). The van der Waals surface area contributed by atoms with Crippen LogP contribution in [0.1, 0.15) is 0 Å². The highest BCUT2D eigenvalue weighted by molar-refractivity contribution is 5.88. The van der Waals surface area contributed by atoms with Crippen LogP contribution >= 0.6 is 0 Å². The molecule has 0 bridgehead atoms. The van der Waals surface area contributed by atoms with Crippen LogP contribution in [-0.4, -0.2) is 19.3 Å². The van der Waals surface area contributed by atoms with Gasteiger partial charge in [0.15, 0.2) is 0 Å². The summed E-state index contributed by atoms with van der Waals surface area (Å²) < 4.78 is 15.8. The molecule has 2 aromatic carbocycles. The highest BCUT2D eigenvalue weighted by Crippen LogP contribution is 2.32. The van der Waals surface area contributed by atoms with Gasteiger partial charge in [-0.3, -0.25) is 4.79 Å². The Bertz CT molecular complexity index is 895. The number of phenolic OH excluding ortho intramolecular Hbond substituents is 1. The number of ether oxygens (including phenoxy) is 2. The van der Waals surface area contributed by atoms with Crippen LogP contribution in [0.3, 0.4) is 0 Å². The Balaban J connectivity index is 2.32. The fourth-order valence-corrected chi connectivity index (χ4v) is 2.38. The largest absolute Gasteiger partial charge is 0.507 e. The van der Waals surface area contributed by atoms with Crippen LogP contribution in [-0.2, 0) is 0 Å². The molecule has 5 heteroatoms. The standard InChI is InChI=1S/C17H14O5/c1-20-10-7-13(18)16-15(8-10)22-9-12(17(16)19)11-5-3-4-6-14(11)21-2/h3-9,18H,1-2H3. The fourth-order valence-electron chi connectivity index (χ4n) is 2.38. The molecule has 1 aromatic heterocycles. The second kappa shape index (κ2) is 5.44. The van der Waals surface area contributed by atoms with Gasteiger partial charge in [-0.25, -0.2) is 0 Å². The van der Waals surface area contributed by atoms with Gasteiger partial charge in [0.25, 0.3) is 0 Å². The van der Waals surface area contributed by atoms with Crippen molar-refractivity contribution in [3.8, 4) is 28.4 Å². The number of para-hydroxylation sites is 1. The van der Waals surface area contributed by atoms with Crippen molar-refractivity contribution < 1.29 is 19.0 Å². The molecular weight excluding hydrogens is 284 g/mol. The molecule has 5 nitrogen and oxygen atoms in total. The summed E-state index contributed by atoms with van der Waals surface area (Å²) in [5.74, 6) is 0.792. The van der Waals surface area contributed by atoms with Gasteiger partial charge in [0.05, 0.1) is 19.8 Å². The molecule has 0 aliphatic carbocycles. The summed E-state index contributed by atoms with van der Waals surface area (Å²) >= 11 is 0. The van der Waals surface area contributed by atoms with Gasteiger partial charge in [-0.2, -0.15) is 0 Å². The van der Waals surface area contributed by atoms with Gasteiger partial charge in [-0.15, -0.1) is 0 Å². The number of hydrogen-bond acceptors (Lipinski definition) is 5. The number of hydrogen-bond donors (Lipinski definition) is 1. The van der Waals surface area contributed by atoms with Gasteiger partial charge in [-0.05, 0) is 6.07 Å². The van der Waals surface area contributed by atoms with Crippen LogP contribution in [0.25, 0.3) is 22.1 Å². The van der Waals surface area contributed by atoms with E-state index in [1.54, 1.807) is 24.3 Å². The Morgan fingerprint density at radius 3 is 2.55 bits per heavy atom. The van der Waals surface area contributed by atoms with E-state index in [4.69, 9.17) is 13.9 Å². The smallest absolute Gasteiger partial charge is 0.204 e. The van der Waals surface area contributed by atoms with E-state index in [2.05, 4.69) is 0 Å². The summed E-state index contributed by atoms with van der Waals surface area (Å²) in [6.45, 7) is 0. The van der Waals surface area contributed by atoms with E-state index in [0.717, 1.165) is 0 Å². The minimum atomic E-state index is -0.328. The SMILES string of the molecule is COc1cc(O)c2c(=O)c(-c3ccccc3OC)coc2c1. The van der Waals surface area contributed by atoms with Crippen molar-refractivity contribution in [1.82, 2.24) is 0 Å². The van der Waals surface area contributed by atoms with Crippen LogP contribution in [0.15, 0.2) is 51.9 Å². The third-order valence-corrected chi connectivity index (χ3v) is 3.46. The monoisotopic (exact) mass is 298 g/mol. The Morgan fingerprint density at radius 2 is 1.82 bits per heavy atom. The second-order valence-corrected chi connectivity index (χ2v) is 4.70. The zero-order valence-electron chi connectivity index (χ0n) is 12.1. The van der Waals surface area contributed by atoms with Crippen LogP contribution in [0, 0.1) is 0 Å². The van der Waals surface area contributed by atoms with Crippen LogP contribution in [0.2, 0.25) is 0 Å². The van der Waals surface area contributed by atoms with Gasteiger partial charge >= 0.3 is 0 Å². The van der Waals surface area contributed by atoms with Crippen LogP contribution < -0.4 is 14.9 Å². The molecule has 3 aromatic rings. The van der Waals surface area contributed by atoms with Crippen molar-refractivity contribution in [2.45, 2.75) is 0 Å². The first-order valence-electron chi connectivity index (χ1n) is 6.61. The van der Waals surface area contributed by atoms with Gasteiger partial charge in [0, 0.05) is 17.7 Å². The lowest BCUT2D eigenvalue weighted by atomic mass is 10.0. The summed E-state index contributed by atoms with van der Waals surface area (Å²) in [7, 11) is 3.01.